The number of benzene rings is 2. The Balaban J connectivity index is 2.40. The van der Waals surface area contributed by atoms with Crippen molar-refractivity contribution in [2.24, 2.45) is 0 Å². The van der Waals surface area contributed by atoms with Crippen LogP contribution in [0.15, 0.2) is 54.1 Å². The van der Waals surface area contributed by atoms with E-state index in [0.29, 0.717) is 5.56 Å². The normalized spacial score (nSPS) is 10.8. The fourth-order valence-corrected chi connectivity index (χ4v) is 1.85. The molecule has 6 nitrogen and oxygen atoms in total. The molecule has 0 aromatic heterocycles. The zero-order valence-electron chi connectivity index (χ0n) is 11.3. The van der Waals surface area contributed by atoms with Crippen molar-refractivity contribution in [2.75, 3.05) is 0 Å². The monoisotopic (exact) mass is 294 g/mol. The maximum atomic E-state index is 12.3. The van der Waals surface area contributed by atoms with E-state index in [9.17, 15) is 20.0 Å². The first-order valence-corrected chi connectivity index (χ1v) is 6.21. The van der Waals surface area contributed by atoms with Crippen LogP contribution in [0.4, 0.5) is 5.69 Å². The predicted molar refractivity (Wildman–Crippen MR) is 79.1 cm³/mol. The Bertz CT molecular complexity index is 819. The fourth-order valence-electron chi connectivity index (χ4n) is 1.85. The number of nitro groups is 1. The molecule has 2 aromatic rings. The van der Waals surface area contributed by atoms with Gasteiger partial charge >= 0.3 is 0 Å². The molecule has 2 rings (SSSR count). The predicted octanol–water partition coefficient (Wildman–Crippen LogP) is 3.09. The first kappa shape index (κ1) is 14.9. The maximum absolute atomic E-state index is 12.3. The van der Waals surface area contributed by atoms with Gasteiger partial charge in [0.15, 0.2) is 0 Å². The highest BCUT2D eigenvalue weighted by Crippen LogP contribution is 2.19. The number of nitrogens with zero attached hydrogens (tertiary/aromatic N) is 2. The van der Waals surface area contributed by atoms with Crippen molar-refractivity contribution >= 4 is 17.5 Å². The number of phenols is 1. The highest BCUT2D eigenvalue weighted by molar-refractivity contribution is 6.14. The number of hydrogen-bond donors (Lipinski definition) is 1. The van der Waals surface area contributed by atoms with Gasteiger partial charge in [-0.2, -0.15) is 5.26 Å². The van der Waals surface area contributed by atoms with Gasteiger partial charge in [0, 0.05) is 17.7 Å². The minimum absolute atomic E-state index is 0.00818. The number of aromatic hydroxyl groups is 1. The van der Waals surface area contributed by atoms with E-state index in [0.717, 1.165) is 6.07 Å². The Morgan fingerprint density at radius 2 is 1.95 bits per heavy atom. The Hall–Kier alpha value is -3.46. The van der Waals surface area contributed by atoms with Gasteiger partial charge in [-0.25, -0.2) is 0 Å². The molecule has 2 aromatic carbocycles. The van der Waals surface area contributed by atoms with Gasteiger partial charge in [0.1, 0.15) is 17.4 Å². The molecule has 22 heavy (non-hydrogen) atoms. The summed E-state index contributed by atoms with van der Waals surface area (Å²) in [6.45, 7) is 0. The summed E-state index contributed by atoms with van der Waals surface area (Å²) in [4.78, 5) is 22.4. The number of allylic oxidation sites excluding steroid dienone is 1. The van der Waals surface area contributed by atoms with E-state index in [4.69, 9.17) is 5.26 Å². The number of non-ortho nitro benzene ring substituents is 1. The lowest BCUT2D eigenvalue weighted by Gasteiger charge is -2.01. The third-order valence-corrected chi connectivity index (χ3v) is 2.87. The van der Waals surface area contributed by atoms with Crippen LogP contribution in [-0.2, 0) is 0 Å². The topological polar surface area (TPSA) is 104 Å². The smallest absolute Gasteiger partial charge is 0.270 e. The molecular formula is C16H10N2O4. The van der Waals surface area contributed by atoms with Crippen LogP contribution in [0.3, 0.4) is 0 Å². The van der Waals surface area contributed by atoms with Gasteiger partial charge < -0.3 is 5.11 Å². The fraction of sp³-hybridized carbons (Fsp3) is 0. The Labute approximate surface area is 125 Å². The first-order valence-electron chi connectivity index (χ1n) is 6.21. The molecule has 0 radical (unpaired) electrons. The molecule has 1 N–H and O–H groups in total. The number of hydrogen-bond acceptors (Lipinski definition) is 5. The second-order valence-electron chi connectivity index (χ2n) is 4.40. The third-order valence-electron chi connectivity index (χ3n) is 2.87. The van der Waals surface area contributed by atoms with Crippen molar-refractivity contribution in [2.45, 2.75) is 0 Å². The second-order valence-corrected chi connectivity index (χ2v) is 4.40. The third kappa shape index (κ3) is 3.35. The van der Waals surface area contributed by atoms with Crippen molar-refractivity contribution in [3.8, 4) is 11.8 Å². The number of nitro benzene ring substituents is 1. The van der Waals surface area contributed by atoms with Gasteiger partial charge in [0.25, 0.3) is 5.69 Å². The molecule has 0 aliphatic heterocycles. The SMILES string of the molecule is N#C/C(=C\c1cccc(O)c1)C(=O)c1cccc([N+](=O)[O-])c1. The number of phenolic OH excluding ortho intramolecular Hbond substituents is 1. The van der Waals surface area contributed by atoms with Crippen LogP contribution in [0.25, 0.3) is 6.08 Å². The molecule has 0 saturated carbocycles. The van der Waals surface area contributed by atoms with Gasteiger partial charge in [0.05, 0.1) is 4.92 Å². The molecule has 0 fully saturated rings. The summed E-state index contributed by atoms with van der Waals surface area (Å²) in [5.41, 5.74) is 0.143. The number of ketones is 1. The van der Waals surface area contributed by atoms with Crippen molar-refractivity contribution < 1.29 is 14.8 Å². The van der Waals surface area contributed by atoms with E-state index in [1.165, 1.54) is 36.4 Å². The summed E-state index contributed by atoms with van der Waals surface area (Å²) < 4.78 is 0. The van der Waals surface area contributed by atoms with E-state index >= 15 is 0 Å². The Kier molecular flexibility index (Phi) is 4.30. The summed E-state index contributed by atoms with van der Waals surface area (Å²) in [5, 5.41) is 29.2. The van der Waals surface area contributed by atoms with E-state index in [-0.39, 0.29) is 22.6 Å². The van der Waals surface area contributed by atoms with Crippen LogP contribution in [0.5, 0.6) is 5.75 Å². The molecule has 0 heterocycles. The number of nitriles is 1. The molecule has 0 saturated heterocycles. The molecule has 6 heteroatoms. The van der Waals surface area contributed by atoms with Crippen molar-refractivity contribution in [1.29, 1.82) is 5.26 Å². The molecule has 0 aliphatic rings. The summed E-state index contributed by atoms with van der Waals surface area (Å²) >= 11 is 0. The first-order chi connectivity index (χ1) is 10.5. The number of carbonyl (C=O) groups excluding carboxylic acids is 1. The summed E-state index contributed by atoms with van der Waals surface area (Å²) in [7, 11) is 0. The quantitative estimate of drug-likeness (QED) is 0.307. The molecule has 0 bridgehead atoms. The van der Waals surface area contributed by atoms with Crippen LogP contribution in [0.2, 0.25) is 0 Å². The molecule has 108 valence electrons. The average molecular weight is 294 g/mol. The molecule has 0 atom stereocenters. The Morgan fingerprint density at radius 1 is 1.23 bits per heavy atom. The second kappa shape index (κ2) is 6.33. The van der Waals surface area contributed by atoms with Gasteiger partial charge in [-0.15, -0.1) is 0 Å². The number of Topliss-reactive ketones (excluding diaryl/α,β-unsaturated/α-hetero) is 1. The lowest BCUT2D eigenvalue weighted by Crippen LogP contribution is -2.02. The van der Waals surface area contributed by atoms with E-state index in [1.54, 1.807) is 18.2 Å². The molecule has 0 unspecified atom stereocenters. The minimum atomic E-state index is -0.616. The zero-order valence-corrected chi connectivity index (χ0v) is 11.3. The molecular weight excluding hydrogens is 284 g/mol. The van der Waals surface area contributed by atoms with Gasteiger partial charge in [-0.05, 0) is 23.8 Å². The maximum Gasteiger partial charge on any atom is 0.270 e. The minimum Gasteiger partial charge on any atom is -0.508 e. The highest BCUT2D eigenvalue weighted by atomic mass is 16.6. The Morgan fingerprint density at radius 3 is 2.59 bits per heavy atom. The van der Waals surface area contributed by atoms with E-state index in [2.05, 4.69) is 0 Å². The van der Waals surface area contributed by atoms with Crippen molar-refractivity contribution in [3.05, 3.63) is 75.3 Å². The number of carbonyl (C=O) groups is 1. The highest BCUT2D eigenvalue weighted by Gasteiger charge is 2.15. The van der Waals surface area contributed by atoms with Crippen LogP contribution in [-0.4, -0.2) is 15.8 Å². The lowest BCUT2D eigenvalue weighted by atomic mass is 10.0. The zero-order chi connectivity index (χ0) is 16.1. The molecule has 0 amide bonds. The molecule has 0 aliphatic carbocycles. The lowest BCUT2D eigenvalue weighted by molar-refractivity contribution is -0.384. The van der Waals surface area contributed by atoms with Gasteiger partial charge in [0.2, 0.25) is 5.78 Å². The van der Waals surface area contributed by atoms with Crippen LogP contribution in [0.1, 0.15) is 15.9 Å². The standard InChI is InChI=1S/C16H10N2O4/c17-10-13(7-11-3-1-6-15(19)8-11)16(20)12-4-2-5-14(9-12)18(21)22/h1-9,19H/b13-7+. The summed E-state index contributed by atoms with van der Waals surface area (Å²) in [5.74, 6) is -0.608. The van der Waals surface area contributed by atoms with E-state index in [1.807, 2.05) is 0 Å². The van der Waals surface area contributed by atoms with Crippen LogP contribution < -0.4 is 0 Å². The summed E-state index contributed by atoms with van der Waals surface area (Å²) in [6.07, 6.45) is 1.32. The average Bonchev–Trinajstić information content (AvgIpc) is 2.52. The number of rotatable bonds is 4. The van der Waals surface area contributed by atoms with Gasteiger partial charge in [-0.1, -0.05) is 24.3 Å². The van der Waals surface area contributed by atoms with Crippen LogP contribution in [0, 0.1) is 21.4 Å². The largest absolute Gasteiger partial charge is 0.508 e. The van der Waals surface area contributed by atoms with Crippen LogP contribution >= 0.6 is 0 Å². The van der Waals surface area contributed by atoms with E-state index < -0.39 is 10.7 Å². The molecule has 0 spiro atoms. The summed E-state index contributed by atoms with van der Waals surface area (Å²) in [6, 6.07) is 13.0. The van der Waals surface area contributed by atoms with Gasteiger partial charge in [-0.3, -0.25) is 14.9 Å². The van der Waals surface area contributed by atoms with Crippen molar-refractivity contribution in [1.82, 2.24) is 0 Å². The van der Waals surface area contributed by atoms with Crippen molar-refractivity contribution in [3.63, 3.8) is 0 Å².